The molecule has 1 heterocycles. The summed E-state index contributed by atoms with van der Waals surface area (Å²) in [5.74, 6) is 7.19. The van der Waals surface area contributed by atoms with Crippen LogP contribution in [0.4, 0.5) is 0 Å². The molecule has 0 aromatic heterocycles. The van der Waals surface area contributed by atoms with Crippen molar-refractivity contribution in [3.63, 3.8) is 0 Å². The molecule has 18 heavy (non-hydrogen) atoms. The van der Waals surface area contributed by atoms with Crippen molar-refractivity contribution in [2.45, 2.75) is 25.8 Å². The quantitative estimate of drug-likeness (QED) is 0.619. The second-order valence-corrected chi connectivity index (χ2v) is 4.91. The number of nitrogens with one attached hydrogen (secondary N) is 1. The number of methoxy groups -OCH3 is 1. The molecule has 100 valence electrons. The molecule has 3 N–H and O–H groups in total. The Morgan fingerprint density at radius 3 is 2.94 bits per heavy atom. The van der Waals surface area contributed by atoms with E-state index in [0.29, 0.717) is 5.92 Å². The summed E-state index contributed by atoms with van der Waals surface area (Å²) in [6.07, 6.45) is 2.15. The zero-order chi connectivity index (χ0) is 13.0. The molecule has 1 aliphatic rings. The van der Waals surface area contributed by atoms with Gasteiger partial charge in [-0.25, -0.2) is 0 Å². The average Bonchev–Trinajstić information content (AvgIpc) is 2.89. The number of ether oxygens (including phenoxy) is 2. The second-order valence-electron chi connectivity index (χ2n) is 4.91. The molecule has 1 saturated heterocycles. The minimum Gasteiger partial charge on any atom is -0.497 e. The highest BCUT2D eigenvalue weighted by molar-refractivity contribution is 5.36. The van der Waals surface area contributed by atoms with E-state index < -0.39 is 0 Å². The highest BCUT2D eigenvalue weighted by atomic mass is 16.5. The van der Waals surface area contributed by atoms with E-state index in [1.807, 2.05) is 12.1 Å². The Hall–Kier alpha value is -1.10. The third kappa shape index (κ3) is 3.02. The number of hydrogen-bond donors (Lipinski definition) is 2. The summed E-state index contributed by atoms with van der Waals surface area (Å²) in [6, 6.07) is 6.31. The molecule has 0 bridgehead atoms. The van der Waals surface area contributed by atoms with Gasteiger partial charge in [-0.05, 0) is 48.9 Å². The summed E-state index contributed by atoms with van der Waals surface area (Å²) >= 11 is 0. The Morgan fingerprint density at radius 1 is 1.56 bits per heavy atom. The standard InChI is InChI=1S/C14H22N2O2/c1-10-7-12(17-2)3-4-13(10)14(16-15)8-11-5-6-18-9-11/h3-4,7,11,14,16H,5-6,8-9,15H2,1-2H3. The fourth-order valence-electron chi connectivity index (χ4n) is 2.55. The zero-order valence-corrected chi connectivity index (χ0v) is 11.1. The van der Waals surface area contributed by atoms with Crippen LogP contribution in [-0.2, 0) is 4.74 Å². The zero-order valence-electron chi connectivity index (χ0n) is 11.1. The van der Waals surface area contributed by atoms with Crippen molar-refractivity contribution in [1.29, 1.82) is 0 Å². The number of rotatable bonds is 5. The van der Waals surface area contributed by atoms with Crippen LogP contribution in [0.25, 0.3) is 0 Å². The first-order valence-electron chi connectivity index (χ1n) is 6.43. The van der Waals surface area contributed by atoms with Gasteiger partial charge < -0.3 is 9.47 Å². The van der Waals surface area contributed by atoms with Gasteiger partial charge in [0.15, 0.2) is 0 Å². The lowest BCUT2D eigenvalue weighted by atomic mass is 9.92. The number of aryl methyl sites for hydroxylation is 1. The third-order valence-corrected chi connectivity index (χ3v) is 3.65. The molecule has 1 aromatic carbocycles. The van der Waals surface area contributed by atoms with Crippen LogP contribution in [0.15, 0.2) is 18.2 Å². The number of benzene rings is 1. The molecule has 2 atom stereocenters. The summed E-state index contributed by atoms with van der Waals surface area (Å²) < 4.78 is 10.6. The molecular weight excluding hydrogens is 228 g/mol. The first kappa shape index (κ1) is 13.3. The van der Waals surface area contributed by atoms with Gasteiger partial charge in [-0.2, -0.15) is 0 Å². The molecule has 4 nitrogen and oxygen atoms in total. The van der Waals surface area contributed by atoms with E-state index in [4.69, 9.17) is 15.3 Å². The monoisotopic (exact) mass is 250 g/mol. The maximum Gasteiger partial charge on any atom is 0.119 e. The van der Waals surface area contributed by atoms with Crippen LogP contribution in [0.5, 0.6) is 5.75 Å². The summed E-state index contributed by atoms with van der Waals surface area (Å²) in [4.78, 5) is 0. The topological polar surface area (TPSA) is 56.5 Å². The molecule has 0 aliphatic carbocycles. The molecule has 4 heteroatoms. The predicted molar refractivity (Wildman–Crippen MR) is 71.3 cm³/mol. The Bertz CT molecular complexity index is 389. The largest absolute Gasteiger partial charge is 0.497 e. The van der Waals surface area contributed by atoms with Crippen molar-refractivity contribution in [2.24, 2.45) is 11.8 Å². The Labute approximate surface area is 108 Å². The maximum absolute atomic E-state index is 5.70. The molecular formula is C14H22N2O2. The SMILES string of the molecule is COc1ccc(C(CC2CCOC2)NN)c(C)c1. The molecule has 1 aromatic rings. The first-order chi connectivity index (χ1) is 8.74. The smallest absolute Gasteiger partial charge is 0.119 e. The van der Waals surface area contributed by atoms with Crippen LogP contribution in [0.1, 0.15) is 30.0 Å². The van der Waals surface area contributed by atoms with Gasteiger partial charge in [-0.3, -0.25) is 11.3 Å². The van der Waals surface area contributed by atoms with Crippen LogP contribution in [0.2, 0.25) is 0 Å². The molecule has 1 fully saturated rings. The highest BCUT2D eigenvalue weighted by Crippen LogP contribution is 2.29. The van der Waals surface area contributed by atoms with Gasteiger partial charge in [-0.15, -0.1) is 0 Å². The van der Waals surface area contributed by atoms with E-state index in [1.165, 1.54) is 11.1 Å². The van der Waals surface area contributed by atoms with Crippen LogP contribution < -0.4 is 16.0 Å². The van der Waals surface area contributed by atoms with Gasteiger partial charge in [0.2, 0.25) is 0 Å². The minimum atomic E-state index is 0.183. The van der Waals surface area contributed by atoms with E-state index in [-0.39, 0.29) is 6.04 Å². The molecule has 0 amide bonds. The minimum absolute atomic E-state index is 0.183. The second kappa shape index (κ2) is 6.18. The molecule has 0 radical (unpaired) electrons. The normalized spacial score (nSPS) is 20.9. The van der Waals surface area contributed by atoms with E-state index in [2.05, 4.69) is 18.4 Å². The van der Waals surface area contributed by atoms with Crippen molar-refractivity contribution in [3.05, 3.63) is 29.3 Å². The van der Waals surface area contributed by atoms with Crippen molar-refractivity contribution in [1.82, 2.24) is 5.43 Å². The van der Waals surface area contributed by atoms with Crippen molar-refractivity contribution >= 4 is 0 Å². The van der Waals surface area contributed by atoms with Gasteiger partial charge in [0.1, 0.15) is 5.75 Å². The molecule has 0 saturated carbocycles. The maximum atomic E-state index is 5.70. The lowest BCUT2D eigenvalue weighted by Gasteiger charge is -2.21. The fourth-order valence-corrected chi connectivity index (χ4v) is 2.55. The van der Waals surface area contributed by atoms with Gasteiger partial charge in [0.05, 0.1) is 7.11 Å². The number of nitrogens with two attached hydrogens (primary N) is 1. The first-order valence-corrected chi connectivity index (χ1v) is 6.43. The predicted octanol–water partition coefficient (Wildman–Crippen LogP) is 1.93. The highest BCUT2D eigenvalue weighted by Gasteiger charge is 2.22. The van der Waals surface area contributed by atoms with Gasteiger partial charge in [-0.1, -0.05) is 6.07 Å². The molecule has 0 spiro atoms. The Balaban J connectivity index is 2.10. The summed E-state index contributed by atoms with van der Waals surface area (Å²) in [5, 5.41) is 0. The van der Waals surface area contributed by atoms with Crippen LogP contribution in [0, 0.1) is 12.8 Å². The molecule has 2 rings (SSSR count). The van der Waals surface area contributed by atoms with Gasteiger partial charge in [0.25, 0.3) is 0 Å². The van der Waals surface area contributed by atoms with Gasteiger partial charge in [0, 0.05) is 19.3 Å². The van der Waals surface area contributed by atoms with Crippen LogP contribution >= 0.6 is 0 Å². The van der Waals surface area contributed by atoms with E-state index in [0.717, 1.165) is 31.8 Å². The van der Waals surface area contributed by atoms with E-state index in [1.54, 1.807) is 7.11 Å². The summed E-state index contributed by atoms with van der Waals surface area (Å²) in [5.41, 5.74) is 5.37. The number of hydrogen-bond acceptors (Lipinski definition) is 4. The summed E-state index contributed by atoms with van der Waals surface area (Å²) in [7, 11) is 1.68. The van der Waals surface area contributed by atoms with Crippen molar-refractivity contribution in [2.75, 3.05) is 20.3 Å². The molecule has 1 aliphatic heterocycles. The number of hydrazine groups is 1. The summed E-state index contributed by atoms with van der Waals surface area (Å²) in [6.45, 7) is 3.82. The Kier molecular flexibility index (Phi) is 4.58. The molecule has 2 unspecified atom stereocenters. The van der Waals surface area contributed by atoms with Gasteiger partial charge >= 0.3 is 0 Å². The van der Waals surface area contributed by atoms with Crippen LogP contribution in [-0.4, -0.2) is 20.3 Å². The fraction of sp³-hybridized carbons (Fsp3) is 0.571. The van der Waals surface area contributed by atoms with E-state index >= 15 is 0 Å². The lowest BCUT2D eigenvalue weighted by molar-refractivity contribution is 0.181. The van der Waals surface area contributed by atoms with Crippen LogP contribution in [0.3, 0.4) is 0 Å². The average molecular weight is 250 g/mol. The van der Waals surface area contributed by atoms with E-state index in [9.17, 15) is 0 Å². The third-order valence-electron chi connectivity index (χ3n) is 3.65. The lowest BCUT2D eigenvalue weighted by Crippen LogP contribution is -2.30. The Morgan fingerprint density at radius 2 is 2.39 bits per heavy atom. The van der Waals surface area contributed by atoms with Crippen molar-refractivity contribution < 1.29 is 9.47 Å². The van der Waals surface area contributed by atoms with Crippen molar-refractivity contribution in [3.8, 4) is 5.75 Å².